The van der Waals surface area contributed by atoms with Gasteiger partial charge < -0.3 is 0 Å². The van der Waals surface area contributed by atoms with Crippen LogP contribution in [-0.4, -0.2) is 6.21 Å². The molecule has 12 heavy (non-hydrogen) atoms. The number of hydrazone groups is 1. The Hall–Kier alpha value is -1.45. The van der Waals surface area contributed by atoms with Crippen molar-refractivity contribution in [3.63, 3.8) is 0 Å². The monoisotopic (exact) mass is 170 g/mol. The van der Waals surface area contributed by atoms with Crippen molar-refractivity contribution in [3.8, 4) is 0 Å². The van der Waals surface area contributed by atoms with Gasteiger partial charge >= 0.3 is 0 Å². The smallest absolute Gasteiger partial charge is 0.151 e. The largest absolute Gasteiger partial charge is 0.276 e. The highest BCUT2D eigenvalue weighted by atomic mass is 19.1. The minimum absolute atomic E-state index is 0.162. The van der Waals surface area contributed by atoms with Crippen LogP contribution < -0.4 is 5.43 Å². The Morgan fingerprint density at radius 3 is 2.75 bits per heavy atom. The van der Waals surface area contributed by atoms with Gasteiger partial charge in [0.15, 0.2) is 5.82 Å². The van der Waals surface area contributed by atoms with Crippen LogP contribution in [-0.2, 0) is 0 Å². The molecule has 0 heterocycles. The zero-order chi connectivity index (χ0) is 8.97. The third-order valence-corrected chi connectivity index (χ3v) is 1.25. The van der Waals surface area contributed by atoms with Crippen LogP contribution in [0.3, 0.4) is 0 Å². The summed E-state index contributed by atoms with van der Waals surface area (Å²) in [4.78, 5) is 0. The van der Waals surface area contributed by atoms with Crippen LogP contribution in [0.15, 0.2) is 23.3 Å². The summed E-state index contributed by atoms with van der Waals surface area (Å²) in [5, 5.41) is 3.60. The number of hydrogen-bond donors (Lipinski definition) is 1. The number of rotatable bonds is 2. The molecule has 0 saturated heterocycles. The summed E-state index contributed by atoms with van der Waals surface area (Å²) in [6, 6.07) is 3.25. The van der Waals surface area contributed by atoms with Gasteiger partial charge in [-0.25, -0.2) is 8.78 Å². The van der Waals surface area contributed by atoms with E-state index in [0.29, 0.717) is 0 Å². The van der Waals surface area contributed by atoms with Crippen molar-refractivity contribution in [2.24, 2.45) is 5.10 Å². The molecule has 0 fully saturated rings. The van der Waals surface area contributed by atoms with E-state index in [4.69, 9.17) is 0 Å². The van der Waals surface area contributed by atoms with Crippen molar-refractivity contribution in [2.75, 3.05) is 5.43 Å². The normalized spacial score (nSPS) is 10.6. The molecule has 0 unspecified atom stereocenters. The molecule has 1 aromatic rings. The summed E-state index contributed by atoms with van der Waals surface area (Å²) in [5.74, 6) is -1.25. The Morgan fingerprint density at radius 1 is 1.42 bits per heavy atom. The van der Waals surface area contributed by atoms with Crippen molar-refractivity contribution in [1.29, 1.82) is 0 Å². The minimum atomic E-state index is -0.652. The molecule has 0 bridgehead atoms. The lowest BCUT2D eigenvalue weighted by Crippen LogP contribution is -1.92. The van der Waals surface area contributed by atoms with Gasteiger partial charge in [-0.2, -0.15) is 5.10 Å². The lowest BCUT2D eigenvalue weighted by atomic mass is 10.3. The van der Waals surface area contributed by atoms with Crippen molar-refractivity contribution in [3.05, 3.63) is 29.8 Å². The van der Waals surface area contributed by atoms with Crippen molar-refractivity contribution in [1.82, 2.24) is 0 Å². The van der Waals surface area contributed by atoms with E-state index in [1.165, 1.54) is 12.3 Å². The summed E-state index contributed by atoms with van der Waals surface area (Å²) < 4.78 is 25.2. The van der Waals surface area contributed by atoms with Gasteiger partial charge in [-0.15, -0.1) is 0 Å². The highest BCUT2D eigenvalue weighted by molar-refractivity contribution is 5.56. The highest BCUT2D eigenvalue weighted by Gasteiger charge is 2.00. The Bertz CT molecular complexity index is 297. The molecule has 0 aliphatic rings. The summed E-state index contributed by atoms with van der Waals surface area (Å²) in [6.45, 7) is 1.69. The van der Waals surface area contributed by atoms with Crippen LogP contribution in [0.5, 0.6) is 0 Å². The topological polar surface area (TPSA) is 24.4 Å². The molecular formula is C8H8F2N2. The van der Waals surface area contributed by atoms with Crippen molar-refractivity contribution >= 4 is 11.9 Å². The van der Waals surface area contributed by atoms with E-state index in [1.54, 1.807) is 6.92 Å². The zero-order valence-electron chi connectivity index (χ0n) is 6.51. The molecule has 1 N–H and O–H groups in total. The number of halogens is 2. The average molecular weight is 170 g/mol. The highest BCUT2D eigenvalue weighted by Crippen LogP contribution is 2.14. The minimum Gasteiger partial charge on any atom is -0.276 e. The Kier molecular flexibility index (Phi) is 2.74. The molecule has 0 radical (unpaired) electrons. The average Bonchev–Trinajstić information content (AvgIpc) is 2.03. The van der Waals surface area contributed by atoms with E-state index in [1.807, 2.05) is 0 Å². The maximum absolute atomic E-state index is 12.8. The van der Waals surface area contributed by atoms with E-state index in [-0.39, 0.29) is 5.69 Å². The molecule has 0 aliphatic heterocycles. The van der Waals surface area contributed by atoms with Crippen LogP contribution in [0.2, 0.25) is 0 Å². The molecule has 0 saturated carbocycles. The van der Waals surface area contributed by atoms with E-state index < -0.39 is 11.6 Å². The first-order valence-corrected chi connectivity index (χ1v) is 3.43. The predicted molar refractivity (Wildman–Crippen MR) is 44.1 cm³/mol. The lowest BCUT2D eigenvalue weighted by Gasteiger charge is -2.00. The number of hydrogen-bond acceptors (Lipinski definition) is 2. The molecule has 0 aliphatic carbocycles. The van der Waals surface area contributed by atoms with Gasteiger partial charge in [-0.3, -0.25) is 5.43 Å². The van der Waals surface area contributed by atoms with E-state index in [2.05, 4.69) is 10.5 Å². The van der Waals surface area contributed by atoms with Crippen LogP contribution in [0.1, 0.15) is 6.92 Å². The number of nitrogens with one attached hydrogen (secondary N) is 1. The van der Waals surface area contributed by atoms with Gasteiger partial charge in [-0.05, 0) is 19.1 Å². The van der Waals surface area contributed by atoms with E-state index in [9.17, 15) is 8.78 Å². The van der Waals surface area contributed by atoms with Crippen LogP contribution in [0, 0.1) is 11.6 Å². The van der Waals surface area contributed by atoms with Gasteiger partial charge in [0.2, 0.25) is 0 Å². The summed E-state index contributed by atoms with van der Waals surface area (Å²) in [7, 11) is 0. The summed E-state index contributed by atoms with van der Waals surface area (Å²) in [5.41, 5.74) is 2.58. The van der Waals surface area contributed by atoms with Crippen molar-refractivity contribution < 1.29 is 8.78 Å². The number of anilines is 1. The van der Waals surface area contributed by atoms with Gasteiger partial charge in [0.25, 0.3) is 0 Å². The molecule has 4 heteroatoms. The summed E-state index contributed by atoms with van der Waals surface area (Å²) >= 11 is 0. The fraction of sp³-hybridized carbons (Fsp3) is 0.125. The number of nitrogens with zero attached hydrogens (tertiary/aromatic N) is 1. The fourth-order valence-corrected chi connectivity index (χ4v) is 0.714. The van der Waals surface area contributed by atoms with E-state index >= 15 is 0 Å². The molecule has 1 rings (SSSR count). The molecule has 64 valence electrons. The van der Waals surface area contributed by atoms with Gasteiger partial charge in [-0.1, -0.05) is 0 Å². The first-order valence-electron chi connectivity index (χ1n) is 3.43. The molecule has 2 nitrogen and oxygen atoms in total. The molecule has 0 atom stereocenters. The Morgan fingerprint density at radius 2 is 2.17 bits per heavy atom. The molecule has 1 aromatic carbocycles. The second-order valence-electron chi connectivity index (χ2n) is 2.12. The van der Waals surface area contributed by atoms with Crippen LogP contribution in [0.25, 0.3) is 0 Å². The predicted octanol–water partition coefficient (Wildman–Crippen LogP) is 2.38. The van der Waals surface area contributed by atoms with Gasteiger partial charge in [0.05, 0.1) is 5.69 Å². The van der Waals surface area contributed by atoms with Crippen LogP contribution >= 0.6 is 0 Å². The molecular weight excluding hydrogens is 162 g/mol. The lowest BCUT2D eigenvalue weighted by molar-refractivity contribution is 0.585. The van der Waals surface area contributed by atoms with Gasteiger partial charge in [0, 0.05) is 12.3 Å². The number of benzene rings is 1. The Balaban J connectivity index is 2.86. The SMILES string of the molecule is CC=NNc1ccc(F)cc1F. The Labute approximate surface area is 68.9 Å². The first kappa shape index (κ1) is 8.64. The first-order chi connectivity index (χ1) is 5.74. The van der Waals surface area contributed by atoms with Crippen LogP contribution in [0.4, 0.5) is 14.5 Å². The molecule has 0 aromatic heterocycles. The molecule has 0 amide bonds. The van der Waals surface area contributed by atoms with Gasteiger partial charge in [0.1, 0.15) is 5.82 Å². The van der Waals surface area contributed by atoms with E-state index in [0.717, 1.165) is 12.1 Å². The fourth-order valence-electron chi connectivity index (χ4n) is 0.714. The zero-order valence-corrected chi connectivity index (χ0v) is 6.51. The third-order valence-electron chi connectivity index (χ3n) is 1.25. The standard InChI is InChI=1S/C8H8F2N2/c1-2-11-12-8-4-3-6(9)5-7(8)10/h2-5,12H,1H3. The molecule has 0 spiro atoms. The quantitative estimate of drug-likeness (QED) is 0.534. The summed E-state index contributed by atoms with van der Waals surface area (Å²) in [6.07, 6.45) is 1.47. The van der Waals surface area contributed by atoms with Crippen molar-refractivity contribution in [2.45, 2.75) is 6.92 Å². The third kappa shape index (κ3) is 2.02. The second-order valence-corrected chi connectivity index (χ2v) is 2.12. The maximum atomic E-state index is 12.8. The second kappa shape index (κ2) is 3.80. The maximum Gasteiger partial charge on any atom is 0.151 e.